The van der Waals surface area contributed by atoms with Crippen LogP contribution in [-0.4, -0.2) is 53.3 Å². The lowest BCUT2D eigenvalue weighted by molar-refractivity contribution is -0.254. The van der Waals surface area contributed by atoms with E-state index in [0.717, 1.165) is 28.0 Å². The van der Waals surface area contributed by atoms with Gasteiger partial charge in [-0.15, -0.1) is 11.8 Å². The molecular formula is C37H40O7S. The van der Waals surface area contributed by atoms with Crippen LogP contribution in [-0.2, 0) is 50.1 Å². The number of benzene rings is 4. The fourth-order valence-corrected chi connectivity index (χ4v) is 6.19. The average molecular weight is 629 g/mol. The summed E-state index contributed by atoms with van der Waals surface area (Å²) >= 11 is 1.66. The Balaban J connectivity index is 1.40. The Labute approximate surface area is 269 Å². The van der Waals surface area contributed by atoms with Gasteiger partial charge in [-0.3, -0.25) is 0 Å². The van der Waals surface area contributed by atoms with E-state index >= 15 is 0 Å². The van der Waals surface area contributed by atoms with Crippen molar-refractivity contribution >= 4 is 17.7 Å². The molecule has 4 aromatic carbocycles. The van der Waals surface area contributed by atoms with Crippen LogP contribution in [0, 0.1) is 0 Å². The van der Waals surface area contributed by atoms with Gasteiger partial charge in [-0.1, -0.05) is 110 Å². The summed E-state index contributed by atoms with van der Waals surface area (Å²) in [7, 11) is 0. The molecule has 1 aliphatic rings. The van der Waals surface area contributed by atoms with E-state index in [4.69, 9.17) is 23.7 Å². The summed E-state index contributed by atoms with van der Waals surface area (Å²) in [5.74, 6) is -0.146. The molecule has 1 heterocycles. The Kier molecular flexibility index (Phi) is 12.6. The fourth-order valence-electron chi connectivity index (χ4n) is 5.21. The largest absolute Gasteiger partial charge is 0.478 e. The van der Waals surface area contributed by atoms with Crippen molar-refractivity contribution in [2.75, 3.05) is 12.4 Å². The van der Waals surface area contributed by atoms with Crippen molar-refractivity contribution in [3.05, 3.63) is 143 Å². The number of ether oxygens (including phenoxy) is 5. The summed E-state index contributed by atoms with van der Waals surface area (Å²) in [6, 6.07) is 36.9. The Hall–Kier alpha value is -3.50. The number of carboxylic acids is 1. The third kappa shape index (κ3) is 9.74. The molecule has 5 rings (SSSR count). The highest BCUT2D eigenvalue weighted by molar-refractivity contribution is 7.99. The molecule has 1 saturated heterocycles. The zero-order valence-electron chi connectivity index (χ0n) is 25.4. The van der Waals surface area contributed by atoms with Crippen molar-refractivity contribution in [1.82, 2.24) is 0 Å². The third-order valence-corrected chi connectivity index (χ3v) is 8.57. The maximum atomic E-state index is 11.4. The summed E-state index contributed by atoms with van der Waals surface area (Å²) in [6.07, 6.45) is -1.84. The summed E-state index contributed by atoms with van der Waals surface area (Å²) in [5, 5.41) is 9.31. The van der Waals surface area contributed by atoms with Gasteiger partial charge in [0.25, 0.3) is 0 Å². The molecule has 4 aromatic rings. The quantitative estimate of drug-likeness (QED) is 0.140. The summed E-state index contributed by atoms with van der Waals surface area (Å²) in [6.45, 7) is 3.90. The molecular weight excluding hydrogens is 588 g/mol. The minimum absolute atomic E-state index is 0.232. The lowest BCUT2D eigenvalue weighted by Gasteiger charge is -2.46. The van der Waals surface area contributed by atoms with Crippen LogP contribution in [0.1, 0.15) is 39.5 Å². The van der Waals surface area contributed by atoms with Crippen LogP contribution >= 0.6 is 11.8 Å². The SMILES string of the molecule is CCS[C@@H]1O[C@H](COCc2ccccc2)[C@@H](OCc2ccccc2)[C@H](OCc2ccccc2)[C@H]1OCc1ccc(C(=O)O)cc1. The van der Waals surface area contributed by atoms with Crippen LogP contribution in [0.15, 0.2) is 115 Å². The molecule has 0 spiro atoms. The van der Waals surface area contributed by atoms with Crippen molar-refractivity contribution in [3.8, 4) is 0 Å². The third-order valence-electron chi connectivity index (χ3n) is 7.53. The van der Waals surface area contributed by atoms with Crippen molar-refractivity contribution in [2.24, 2.45) is 0 Å². The van der Waals surface area contributed by atoms with Gasteiger partial charge in [-0.2, -0.15) is 0 Å². The van der Waals surface area contributed by atoms with E-state index in [-0.39, 0.29) is 17.6 Å². The van der Waals surface area contributed by atoms with E-state index < -0.39 is 30.4 Å². The number of carbonyl (C=O) groups is 1. The second-order valence-electron chi connectivity index (χ2n) is 10.8. The summed E-state index contributed by atoms with van der Waals surface area (Å²) in [4.78, 5) is 11.4. The zero-order chi connectivity index (χ0) is 31.3. The first kappa shape index (κ1) is 32.9. The molecule has 1 fully saturated rings. The van der Waals surface area contributed by atoms with E-state index in [1.165, 1.54) is 0 Å². The average Bonchev–Trinajstić information content (AvgIpc) is 3.08. The van der Waals surface area contributed by atoms with Crippen molar-refractivity contribution < 1.29 is 33.6 Å². The van der Waals surface area contributed by atoms with E-state index in [2.05, 4.69) is 6.92 Å². The van der Waals surface area contributed by atoms with Crippen LogP contribution in [0.5, 0.6) is 0 Å². The van der Waals surface area contributed by atoms with Crippen LogP contribution in [0.25, 0.3) is 0 Å². The normalized spacial score (nSPS) is 21.4. The van der Waals surface area contributed by atoms with Gasteiger partial charge in [0.05, 0.1) is 38.6 Å². The van der Waals surface area contributed by atoms with Gasteiger partial charge in [0.1, 0.15) is 29.9 Å². The van der Waals surface area contributed by atoms with Crippen LogP contribution in [0.4, 0.5) is 0 Å². The van der Waals surface area contributed by atoms with Gasteiger partial charge in [0.2, 0.25) is 0 Å². The molecule has 45 heavy (non-hydrogen) atoms. The maximum absolute atomic E-state index is 11.4. The zero-order valence-corrected chi connectivity index (χ0v) is 26.2. The highest BCUT2D eigenvalue weighted by Crippen LogP contribution is 2.35. The molecule has 236 valence electrons. The maximum Gasteiger partial charge on any atom is 0.335 e. The minimum Gasteiger partial charge on any atom is -0.478 e. The van der Waals surface area contributed by atoms with Gasteiger partial charge >= 0.3 is 5.97 Å². The lowest BCUT2D eigenvalue weighted by atomic mass is 9.98. The first-order chi connectivity index (χ1) is 22.1. The van der Waals surface area contributed by atoms with Gasteiger partial charge in [-0.25, -0.2) is 4.79 Å². The molecule has 0 aliphatic carbocycles. The number of carboxylic acid groups (broad SMARTS) is 1. The Bertz CT molecular complexity index is 1420. The van der Waals surface area contributed by atoms with Crippen molar-refractivity contribution in [1.29, 1.82) is 0 Å². The predicted octanol–water partition coefficient (Wildman–Crippen LogP) is 7.14. The predicted molar refractivity (Wildman–Crippen MR) is 175 cm³/mol. The summed E-state index contributed by atoms with van der Waals surface area (Å²) in [5.41, 5.74) is 3.93. The molecule has 5 atom stereocenters. The molecule has 0 unspecified atom stereocenters. The second-order valence-corrected chi connectivity index (χ2v) is 12.2. The molecule has 0 bridgehead atoms. The minimum atomic E-state index is -0.962. The molecule has 7 nitrogen and oxygen atoms in total. The molecule has 0 aromatic heterocycles. The number of hydrogen-bond donors (Lipinski definition) is 1. The first-order valence-electron chi connectivity index (χ1n) is 15.2. The Morgan fingerprint density at radius 3 is 1.62 bits per heavy atom. The topological polar surface area (TPSA) is 83.5 Å². The standard InChI is InChI=1S/C37H40O7S/c1-2-45-37-35(43-25-30-18-20-31(21-19-30)36(38)39)34(42-24-29-16-10-5-11-17-29)33(41-23-28-14-8-4-9-15-28)32(44-37)26-40-22-27-12-6-3-7-13-27/h3-21,32-35,37H,2,22-26H2,1H3,(H,38,39)/t32-,33-,34+,35-,37+/m1/s1. The lowest BCUT2D eigenvalue weighted by Crippen LogP contribution is -2.60. The van der Waals surface area contributed by atoms with Crippen LogP contribution in [0.2, 0.25) is 0 Å². The highest BCUT2D eigenvalue weighted by Gasteiger charge is 2.48. The monoisotopic (exact) mass is 628 g/mol. The Morgan fingerprint density at radius 2 is 1.11 bits per heavy atom. The van der Waals surface area contributed by atoms with Crippen LogP contribution in [0.3, 0.4) is 0 Å². The molecule has 0 amide bonds. The first-order valence-corrected chi connectivity index (χ1v) is 16.3. The van der Waals surface area contributed by atoms with Crippen molar-refractivity contribution in [2.45, 2.75) is 63.2 Å². The highest BCUT2D eigenvalue weighted by atomic mass is 32.2. The van der Waals surface area contributed by atoms with E-state index in [1.807, 2.05) is 91.0 Å². The Morgan fingerprint density at radius 1 is 0.644 bits per heavy atom. The second kappa shape index (κ2) is 17.3. The summed E-state index contributed by atoms with van der Waals surface area (Å²) < 4.78 is 32.9. The number of hydrogen-bond acceptors (Lipinski definition) is 7. The molecule has 0 radical (unpaired) electrons. The number of aromatic carboxylic acids is 1. The van der Waals surface area contributed by atoms with Crippen molar-refractivity contribution in [3.63, 3.8) is 0 Å². The van der Waals surface area contributed by atoms with Gasteiger partial charge in [0.15, 0.2) is 0 Å². The molecule has 0 saturated carbocycles. The van der Waals surface area contributed by atoms with E-state index in [1.54, 1.807) is 36.0 Å². The molecule has 8 heteroatoms. The molecule has 1 N–H and O–H groups in total. The van der Waals surface area contributed by atoms with Crippen LogP contribution < -0.4 is 0 Å². The fraction of sp³-hybridized carbons (Fsp3) is 0.324. The number of thioether (sulfide) groups is 1. The molecule has 1 aliphatic heterocycles. The van der Waals surface area contributed by atoms with E-state index in [9.17, 15) is 9.90 Å². The van der Waals surface area contributed by atoms with Gasteiger partial charge < -0.3 is 28.8 Å². The smallest absolute Gasteiger partial charge is 0.335 e. The number of rotatable bonds is 16. The van der Waals surface area contributed by atoms with Gasteiger partial charge in [0, 0.05) is 0 Å². The van der Waals surface area contributed by atoms with E-state index in [0.29, 0.717) is 26.4 Å². The van der Waals surface area contributed by atoms with Gasteiger partial charge in [-0.05, 0) is 40.1 Å².